The zero-order valence-electron chi connectivity index (χ0n) is 12.9. The molecule has 0 radical (unpaired) electrons. The molecular formula is C17H21N3OS. The minimum Gasteiger partial charge on any atom is -0.496 e. The van der Waals surface area contributed by atoms with Gasteiger partial charge in [0.1, 0.15) is 11.6 Å². The summed E-state index contributed by atoms with van der Waals surface area (Å²) >= 11 is 5.33. The summed E-state index contributed by atoms with van der Waals surface area (Å²) in [5, 5.41) is 6.95. The lowest BCUT2D eigenvalue weighted by atomic mass is 10.1. The van der Waals surface area contributed by atoms with Gasteiger partial charge < -0.3 is 15.4 Å². The van der Waals surface area contributed by atoms with Crippen molar-refractivity contribution in [3.63, 3.8) is 0 Å². The molecule has 0 saturated carbocycles. The van der Waals surface area contributed by atoms with Crippen LogP contribution in [0.4, 0.5) is 5.82 Å². The molecule has 1 aromatic carbocycles. The minimum absolute atomic E-state index is 0.586. The maximum atomic E-state index is 5.34. The van der Waals surface area contributed by atoms with Gasteiger partial charge in [0.05, 0.1) is 7.11 Å². The predicted octanol–water partition coefficient (Wildman–Crippen LogP) is 3.18. The monoisotopic (exact) mass is 315 g/mol. The lowest BCUT2D eigenvalue weighted by Gasteiger charge is -2.13. The van der Waals surface area contributed by atoms with Crippen LogP contribution < -0.4 is 15.4 Å². The van der Waals surface area contributed by atoms with Crippen LogP contribution in [0, 0.1) is 0 Å². The summed E-state index contributed by atoms with van der Waals surface area (Å²) in [6, 6.07) is 12.0. The van der Waals surface area contributed by atoms with E-state index in [0.717, 1.165) is 42.1 Å². The van der Waals surface area contributed by atoms with Gasteiger partial charge in [-0.2, -0.15) is 0 Å². The first-order valence-corrected chi connectivity index (χ1v) is 7.76. The molecule has 0 aliphatic heterocycles. The summed E-state index contributed by atoms with van der Waals surface area (Å²) < 4.78 is 5.34. The Morgan fingerprint density at radius 2 is 1.95 bits per heavy atom. The molecule has 0 bridgehead atoms. The molecule has 0 aliphatic carbocycles. The lowest BCUT2D eigenvalue weighted by molar-refractivity contribution is 0.409. The molecule has 0 spiro atoms. The van der Waals surface area contributed by atoms with Crippen molar-refractivity contribution < 1.29 is 4.74 Å². The maximum Gasteiger partial charge on any atom is 0.171 e. The molecule has 0 amide bonds. The normalized spacial score (nSPS) is 10.1. The first-order chi connectivity index (χ1) is 10.7. The number of aromatic nitrogens is 1. The van der Waals surface area contributed by atoms with Crippen LogP contribution in [0.5, 0.6) is 5.75 Å². The summed E-state index contributed by atoms with van der Waals surface area (Å²) in [6.07, 6.45) is 3.52. The summed E-state index contributed by atoms with van der Waals surface area (Å²) in [7, 11) is 1.69. The number of pyridine rings is 1. The van der Waals surface area contributed by atoms with Gasteiger partial charge in [-0.1, -0.05) is 31.2 Å². The minimum atomic E-state index is 0.586. The van der Waals surface area contributed by atoms with Gasteiger partial charge in [0.25, 0.3) is 0 Å². The number of nitrogens with zero attached hydrogens (tertiary/aromatic N) is 1. The van der Waals surface area contributed by atoms with Gasteiger partial charge in [0, 0.05) is 12.7 Å². The van der Waals surface area contributed by atoms with Gasteiger partial charge in [-0.05, 0) is 48.3 Å². The number of rotatable bonds is 6. The molecule has 116 valence electrons. The van der Waals surface area contributed by atoms with Crippen molar-refractivity contribution in [2.75, 3.05) is 19.0 Å². The fourth-order valence-corrected chi connectivity index (χ4v) is 2.41. The van der Waals surface area contributed by atoms with Crippen molar-refractivity contribution in [3.05, 3.63) is 53.7 Å². The van der Waals surface area contributed by atoms with Gasteiger partial charge in [0.2, 0.25) is 0 Å². The Morgan fingerprint density at radius 3 is 2.73 bits per heavy atom. The van der Waals surface area contributed by atoms with Crippen molar-refractivity contribution in [2.45, 2.75) is 19.8 Å². The van der Waals surface area contributed by atoms with Crippen molar-refractivity contribution in [2.24, 2.45) is 0 Å². The fourth-order valence-electron chi connectivity index (χ4n) is 2.21. The molecule has 2 N–H and O–H groups in total. The fraction of sp³-hybridized carbons (Fsp3) is 0.294. The number of para-hydroxylation sites is 1. The Morgan fingerprint density at radius 1 is 1.18 bits per heavy atom. The Balaban J connectivity index is 1.85. The average Bonchev–Trinajstić information content (AvgIpc) is 2.55. The zero-order chi connectivity index (χ0) is 15.8. The summed E-state index contributed by atoms with van der Waals surface area (Å²) in [5.41, 5.74) is 2.31. The van der Waals surface area contributed by atoms with Gasteiger partial charge in [-0.15, -0.1) is 0 Å². The molecular weight excluding hydrogens is 294 g/mol. The molecule has 1 heterocycles. The van der Waals surface area contributed by atoms with E-state index in [2.05, 4.69) is 28.6 Å². The summed E-state index contributed by atoms with van der Waals surface area (Å²) in [4.78, 5) is 4.32. The number of aryl methyl sites for hydroxylation is 1. The number of hydrogen-bond acceptors (Lipinski definition) is 3. The summed E-state index contributed by atoms with van der Waals surface area (Å²) in [5.74, 6) is 1.72. The van der Waals surface area contributed by atoms with Gasteiger partial charge in [0.15, 0.2) is 5.11 Å². The number of nitrogens with one attached hydrogen (secondary N) is 2. The number of anilines is 1. The highest BCUT2D eigenvalue weighted by molar-refractivity contribution is 7.80. The first-order valence-electron chi connectivity index (χ1n) is 7.35. The SMILES string of the molecule is CCc1cccnc1NC(=S)NCCc1ccccc1OC. The molecule has 0 fully saturated rings. The molecule has 0 saturated heterocycles. The van der Waals surface area contributed by atoms with Gasteiger partial charge >= 0.3 is 0 Å². The highest BCUT2D eigenvalue weighted by Crippen LogP contribution is 2.17. The maximum absolute atomic E-state index is 5.34. The van der Waals surface area contributed by atoms with Crippen LogP contribution in [0.1, 0.15) is 18.1 Å². The highest BCUT2D eigenvalue weighted by atomic mass is 32.1. The molecule has 0 aliphatic rings. The second kappa shape index (κ2) is 8.34. The molecule has 2 aromatic rings. The van der Waals surface area contributed by atoms with Crippen molar-refractivity contribution in [3.8, 4) is 5.75 Å². The molecule has 22 heavy (non-hydrogen) atoms. The lowest BCUT2D eigenvalue weighted by Crippen LogP contribution is -2.31. The van der Waals surface area contributed by atoms with E-state index in [4.69, 9.17) is 17.0 Å². The summed E-state index contributed by atoms with van der Waals surface area (Å²) in [6.45, 7) is 2.83. The van der Waals surface area contributed by atoms with Crippen LogP contribution in [0.25, 0.3) is 0 Å². The van der Waals surface area contributed by atoms with E-state index in [1.165, 1.54) is 0 Å². The molecule has 2 rings (SSSR count). The second-order valence-electron chi connectivity index (χ2n) is 4.81. The van der Waals surface area contributed by atoms with E-state index in [1.807, 2.05) is 30.3 Å². The van der Waals surface area contributed by atoms with Gasteiger partial charge in [-0.3, -0.25) is 0 Å². The predicted molar refractivity (Wildman–Crippen MR) is 94.5 cm³/mol. The standard InChI is InChI=1S/C17H21N3OS/c1-3-13-8-6-11-18-16(13)20-17(22)19-12-10-14-7-4-5-9-15(14)21-2/h4-9,11H,3,10,12H2,1-2H3,(H2,18,19,20,22). The van der Waals surface area contributed by atoms with Crippen LogP contribution in [0.15, 0.2) is 42.6 Å². The van der Waals surface area contributed by atoms with Crippen LogP contribution in [0.2, 0.25) is 0 Å². The van der Waals surface area contributed by atoms with Crippen molar-refractivity contribution in [1.82, 2.24) is 10.3 Å². The van der Waals surface area contributed by atoms with E-state index in [-0.39, 0.29) is 0 Å². The average molecular weight is 315 g/mol. The van der Waals surface area contributed by atoms with E-state index in [1.54, 1.807) is 13.3 Å². The van der Waals surface area contributed by atoms with Crippen LogP contribution >= 0.6 is 12.2 Å². The zero-order valence-corrected chi connectivity index (χ0v) is 13.7. The quantitative estimate of drug-likeness (QED) is 0.802. The Labute approximate surface area is 136 Å². The number of ether oxygens (including phenoxy) is 1. The number of methoxy groups -OCH3 is 1. The van der Waals surface area contributed by atoms with Crippen molar-refractivity contribution in [1.29, 1.82) is 0 Å². The Hall–Kier alpha value is -2.14. The largest absolute Gasteiger partial charge is 0.496 e. The topological polar surface area (TPSA) is 46.2 Å². The van der Waals surface area contributed by atoms with Crippen molar-refractivity contribution >= 4 is 23.1 Å². The third kappa shape index (κ3) is 4.43. The molecule has 5 heteroatoms. The van der Waals surface area contributed by atoms with E-state index >= 15 is 0 Å². The third-order valence-electron chi connectivity index (χ3n) is 3.38. The van der Waals surface area contributed by atoms with Crippen LogP contribution in [-0.4, -0.2) is 23.8 Å². The van der Waals surface area contributed by atoms with E-state index in [0.29, 0.717) is 5.11 Å². The molecule has 0 atom stereocenters. The molecule has 0 unspecified atom stereocenters. The molecule has 4 nitrogen and oxygen atoms in total. The second-order valence-corrected chi connectivity index (χ2v) is 5.22. The first kappa shape index (κ1) is 16.2. The number of thiocarbonyl (C=S) groups is 1. The highest BCUT2D eigenvalue weighted by Gasteiger charge is 2.05. The van der Waals surface area contributed by atoms with Crippen LogP contribution in [-0.2, 0) is 12.8 Å². The smallest absolute Gasteiger partial charge is 0.171 e. The van der Waals surface area contributed by atoms with Gasteiger partial charge in [-0.25, -0.2) is 4.98 Å². The third-order valence-corrected chi connectivity index (χ3v) is 3.62. The number of benzene rings is 1. The van der Waals surface area contributed by atoms with Crippen LogP contribution in [0.3, 0.4) is 0 Å². The number of hydrogen-bond donors (Lipinski definition) is 2. The molecule has 1 aromatic heterocycles. The Kier molecular flexibility index (Phi) is 6.15. The Bertz CT molecular complexity index is 631. The van der Waals surface area contributed by atoms with E-state index in [9.17, 15) is 0 Å². The van der Waals surface area contributed by atoms with E-state index < -0.39 is 0 Å².